The van der Waals surface area contributed by atoms with E-state index in [0.717, 1.165) is 5.56 Å². The Bertz CT molecular complexity index is 440. The molecule has 3 N–H and O–H groups in total. The van der Waals surface area contributed by atoms with Gasteiger partial charge in [0.2, 0.25) is 0 Å². The van der Waals surface area contributed by atoms with Crippen molar-refractivity contribution in [3.63, 3.8) is 0 Å². The summed E-state index contributed by atoms with van der Waals surface area (Å²) in [6.45, 7) is 0. The fourth-order valence-corrected chi connectivity index (χ4v) is 2.51. The van der Waals surface area contributed by atoms with Crippen LogP contribution >= 0.6 is 11.3 Å². The Morgan fingerprint density at radius 2 is 2.36 bits per heavy atom. The van der Waals surface area contributed by atoms with Crippen molar-refractivity contribution in [2.24, 2.45) is 0 Å². The second-order valence-electron chi connectivity index (χ2n) is 3.65. The number of H-pyrrole nitrogens is 1. The SMILES string of the molecule is Nc1n[nH]c(C2CC2)c1-c1cccs1. The normalized spacial score (nSPS) is 16.0. The minimum Gasteiger partial charge on any atom is -0.382 e. The molecule has 2 aromatic heterocycles. The molecule has 1 fully saturated rings. The number of nitrogens with one attached hydrogen (secondary N) is 1. The first-order valence-corrected chi connectivity index (χ1v) is 5.62. The maximum Gasteiger partial charge on any atom is 0.154 e. The second-order valence-corrected chi connectivity index (χ2v) is 4.60. The van der Waals surface area contributed by atoms with E-state index < -0.39 is 0 Å². The highest BCUT2D eigenvalue weighted by Gasteiger charge is 2.29. The first kappa shape index (κ1) is 8.05. The van der Waals surface area contributed by atoms with Gasteiger partial charge in [0.15, 0.2) is 5.82 Å². The molecule has 0 bridgehead atoms. The molecule has 0 spiro atoms. The Balaban J connectivity index is 2.14. The number of anilines is 1. The molecule has 0 radical (unpaired) electrons. The highest BCUT2D eigenvalue weighted by Crippen LogP contribution is 2.45. The van der Waals surface area contributed by atoms with Crippen LogP contribution in [0, 0.1) is 0 Å². The van der Waals surface area contributed by atoms with Gasteiger partial charge in [-0.15, -0.1) is 11.3 Å². The molecule has 0 saturated heterocycles. The zero-order valence-electron chi connectivity index (χ0n) is 7.66. The third-order valence-electron chi connectivity index (χ3n) is 2.58. The van der Waals surface area contributed by atoms with Gasteiger partial charge in [-0.05, 0) is 24.3 Å². The average molecular weight is 205 g/mol. The molecular weight excluding hydrogens is 194 g/mol. The molecule has 4 heteroatoms. The van der Waals surface area contributed by atoms with Crippen molar-refractivity contribution in [2.75, 3.05) is 5.73 Å². The van der Waals surface area contributed by atoms with Crippen molar-refractivity contribution < 1.29 is 0 Å². The van der Waals surface area contributed by atoms with Crippen LogP contribution in [0.2, 0.25) is 0 Å². The molecule has 0 aromatic carbocycles. The zero-order valence-corrected chi connectivity index (χ0v) is 8.47. The van der Waals surface area contributed by atoms with Gasteiger partial charge in [0.1, 0.15) is 0 Å². The molecule has 2 aromatic rings. The van der Waals surface area contributed by atoms with Gasteiger partial charge < -0.3 is 5.73 Å². The lowest BCUT2D eigenvalue weighted by Gasteiger charge is -1.98. The standard InChI is InChI=1S/C10H11N3S/c11-10-8(7-2-1-5-14-7)9(12-13-10)6-3-4-6/h1-2,5-6H,3-4H2,(H3,11,12,13). The van der Waals surface area contributed by atoms with Crippen LogP contribution in [0.5, 0.6) is 0 Å². The third kappa shape index (κ3) is 1.14. The largest absolute Gasteiger partial charge is 0.382 e. The number of aromatic amines is 1. The van der Waals surface area contributed by atoms with Gasteiger partial charge in [-0.2, -0.15) is 5.10 Å². The second kappa shape index (κ2) is 2.85. The van der Waals surface area contributed by atoms with E-state index in [2.05, 4.69) is 21.6 Å². The summed E-state index contributed by atoms with van der Waals surface area (Å²) in [5.41, 5.74) is 8.22. The molecular formula is C10H11N3S. The van der Waals surface area contributed by atoms with E-state index in [-0.39, 0.29) is 0 Å². The quantitative estimate of drug-likeness (QED) is 0.791. The van der Waals surface area contributed by atoms with Gasteiger partial charge in [0, 0.05) is 16.5 Å². The molecule has 72 valence electrons. The van der Waals surface area contributed by atoms with E-state index in [9.17, 15) is 0 Å². The fourth-order valence-electron chi connectivity index (χ4n) is 1.72. The van der Waals surface area contributed by atoms with Crippen LogP contribution < -0.4 is 5.73 Å². The summed E-state index contributed by atoms with van der Waals surface area (Å²) in [6, 6.07) is 4.14. The number of aromatic nitrogens is 2. The molecule has 0 amide bonds. The van der Waals surface area contributed by atoms with E-state index in [1.165, 1.54) is 23.4 Å². The Morgan fingerprint density at radius 3 is 3.00 bits per heavy atom. The maximum atomic E-state index is 5.86. The Hall–Kier alpha value is -1.29. The molecule has 3 rings (SSSR count). The number of hydrogen-bond acceptors (Lipinski definition) is 3. The van der Waals surface area contributed by atoms with E-state index in [1.54, 1.807) is 11.3 Å². The topological polar surface area (TPSA) is 54.7 Å². The lowest BCUT2D eigenvalue weighted by atomic mass is 10.1. The Morgan fingerprint density at radius 1 is 1.50 bits per heavy atom. The summed E-state index contributed by atoms with van der Waals surface area (Å²) in [5.74, 6) is 1.30. The molecule has 1 saturated carbocycles. The zero-order chi connectivity index (χ0) is 9.54. The number of thiophene rings is 1. The van der Waals surface area contributed by atoms with Gasteiger partial charge in [-0.1, -0.05) is 6.07 Å². The maximum absolute atomic E-state index is 5.86. The molecule has 3 nitrogen and oxygen atoms in total. The predicted molar refractivity (Wildman–Crippen MR) is 58.3 cm³/mol. The summed E-state index contributed by atoms with van der Waals surface area (Å²) in [7, 11) is 0. The van der Waals surface area contributed by atoms with Crippen LogP contribution in [0.15, 0.2) is 17.5 Å². The predicted octanol–water partition coefficient (Wildman–Crippen LogP) is 2.60. The van der Waals surface area contributed by atoms with Crippen molar-refractivity contribution in [1.82, 2.24) is 10.2 Å². The number of nitrogens with two attached hydrogens (primary N) is 1. The average Bonchev–Trinajstić information content (AvgIpc) is 2.75. The minimum atomic E-state index is 0.634. The fraction of sp³-hybridized carbons (Fsp3) is 0.300. The van der Waals surface area contributed by atoms with E-state index in [1.807, 2.05) is 6.07 Å². The Kier molecular flexibility index (Phi) is 1.64. The summed E-state index contributed by atoms with van der Waals surface area (Å²) >= 11 is 1.71. The number of rotatable bonds is 2. The highest BCUT2D eigenvalue weighted by atomic mass is 32.1. The lowest BCUT2D eigenvalue weighted by molar-refractivity contribution is 0.969. The summed E-state index contributed by atoms with van der Waals surface area (Å²) < 4.78 is 0. The molecule has 1 aliphatic carbocycles. The number of hydrogen-bond donors (Lipinski definition) is 2. The summed E-state index contributed by atoms with van der Waals surface area (Å²) in [4.78, 5) is 1.22. The van der Waals surface area contributed by atoms with Crippen molar-refractivity contribution in [3.05, 3.63) is 23.2 Å². The van der Waals surface area contributed by atoms with Crippen molar-refractivity contribution in [2.45, 2.75) is 18.8 Å². The Labute approximate surface area is 86.0 Å². The van der Waals surface area contributed by atoms with Crippen LogP contribution in [0.25, 0.3) is 10.4 Å². The smallest absolute Gasteiger partial charge is 0.154 e. The van der Waals surface area contributed by atoms with Gasteiger partial charge in [-0.25, -0.2) is 0 Å². The third-order valence-corrected chi connectivity index (χ3v) is 3.46. The van der Waals surface area contributed by atoms with Crippen molar-refractivity contribution >= 4 is 17.2 Å². The van der Waals surface area contributed by atoms with Gasteiger partial charge in [-0.3, -0.25) is 5.10 Å². The van der Waals surface area contributed by atoms with Gasteiger partial charge in [0.25, 0.3) is 0 Å². The minimum absolute atomic E-state index is 0.634. The van der Waals surface area contributed by atoms with Crippen LogP contribution in [0.1, 0.15) is 24.5 Å². The molecule has 1 aliphatic rings. The number of nitrogen functional groups attached to an aromatic ring is 1. The van der Waals surface area contributed by atoms with Crippen LogP contribution in [-0.2, 0) is 0 Å². The molecule has 2 heterocycles. The molecule has 14 heavy (non-hydrogen) atoms. The van der Waals surface area contributed by atoms with Crippen LogP contribution in [-0.4, -0.2) is 10.2 Å². The first-order valence-electron chi connectivity index (χ1n) is 4.74. The lowest BCUT2D eigenvalue weighted by Crippen LogP contribution is -1.87. The van der Waals surface area contributed by atoms with Crippen molar-refractivity contribution in [3.8, 4) is 10.4 Å². The molecule has 0 aliphatic heterocycles. The summed E-state index contributed by atoms with van der Waals surface area (Å²) in [6.07, 6.45) is 2.53. The van der Waals surface area contributed by atoms with E-state index in [4.69, 9.17) is 5.73 Å². The molecule has 0 atom stereocenters. The van der Waals surface area contributed by atoms with Crippen LogP contribution in [0.4, 0.5) is 5.82 Å². The monoisotopic (exact) mass is 205 g/mol. The number of nitrogens with zero attached hydrogens (tertiary/aromatic N) is 1. The van der Waals surface area contributed by atoms with Gasteiger partial charge >= 0.3 is 0 Å². The van der Waals surface area contributed by atoms with E-state index in [0.29, 0.717) is 11.7 Å². The highest BCUT2D eigenvalue weighted by molar-refractivity contribution is 7.13. The van der Waals surface area contributed by atoms with Crippen molar-refractivity contribution in [1.29, 1.82) is 0 Å². The van der Waals surface area contributed by atoms with Crippen LogP contribution in [0.3, 0.4) is 0 Å². The molecule has 0 unspecified atom stereocenters. The first-order chi connectivity index (χ1) is 6.86. The van der Waals surface area contributed by atoms with Gasteiger partial charge in [0.05, 0.1) is 5.56 Å². The summed E-state index contributed by atoms with van der Waals surface area (Å²) in [5, 5.41) is 9.22. The van der Waals surface area contributed by atoms with E-state index >= 15 is 0 Å².